The van der Waals surface area contributed by atoms with E-state index in [4.69, 9.17) is 4.74 Å². The third-order valence-electron chi connectivity index (χ3n) is 5.80. The fourth-order valence-electron chi connectivity index (χ4n) is 3.81. The number of benzene rings is 2. The highest BCUT2D eigenvalue weighted by atomic mass is 19.4. The maximum atomic E-state index is 14.0. The second-order valence-electron chi connectivity index (χ2n) is 8.85. The fourth-order valence-corrected chi connectivity index (χ4v) is 3.81. The maximum Gasteiger partial charge on any atom is 0.420 e. The van der Waals surface area contributed by atoms with E-state index in [1.54, 1.807) is 0 Å². The summed E-state index contributed by atoms with van der Waals surface area (Å²) in [5, 5.41) is 0. The number of hydrogen-bond acceptors (Lipinski definition) is 4. The molecule has 0 saturated carbocycles. The lowest BCUT2D eigenvalue weighted by Gasteiger charge is -2.26. The normalized spacial score (nSPS) is 14.4. The second-order valence-corrected chi connectivity index (χ2v) is 8.85. The minimum atomic E-state index is -5.37. The molecule has 1 aliphatic heterocycles. The van der Waals surface area contributed by atoms with Crippen molar-refractivity contribution < 1.29 is 45.1 Å². The maximum absolute atomic E-state index is 14.0. The lowest BCUT2D eigenvalue weighted by Crippen LogP contribution is -2.35. The van der Waals surface area contributed by atoms with Crippen LogP contribution in [0.3, 0.4) is 0 Å². The summed E-state index contributed by atoms with van der Waals surface area (Å²) in [5.74, 6) is -1.88. The van der Waals surface area contributed by atoms with Crippen molar-refractivity contribution in [2.24, 2.45) is 0 Å². The van der Waals surface area contributed by atoms with E-state index in [1.807, 2.05) is 19.0 Å². The van der Waals surface area contributed by atoms with E-state index >= 15 is 0 Å². The molecule has 0 spiro atoms. The zero-order chi connectivity index (χ0) is 28.4. The molecular formula is C24H25F7N4O3. The van der Waals surface area contributed by atoms with Crippen molar-refractivity contribution in [1.82, 2.24) is 9.80 Å². The lowest BCUT2D eigenvalue weighted by molar-refractivity contribution is -0.143. The molecular weight excluding hydrogens is 525 g/mol. The predicted octanol–water partition coefficient (Wildman–Crippen LogP) is 5.69. The number of halogens is 7. The molecule has 0 atom stereocenters. The lowest BCUT2D eigenvalue weighted by atomic mass is 10.1. The van der Waals surface area contributed by atoms with Crippen molar-refractivity contribution in [2.75, 3.05) is 57.1 Å². The summed E-state index contributed by atoms with van der Waals surface area (Å²) in [4.78, 5) is 30.4. The van der Waals surface area contributed by atoms with Gasteiger partial charge < -0.3 is 14.5 Å². The molecule has 2 aromatic rings. The first kappa shape index (κ1) is 29.0. The summed E-state index contributed by atoms with van der Waals surface area (Å²) < 4.78 is 101. The fraction of sp³-hybridized carbons (Fsp3) is 0.417. The van der Waals surface area contributed by atoms with E-state index in [2.05, 4.69) is 0 Å². The van der Waals surface area contributed by atoms with Crippen molar-refractivity contribution in [3.05, 3.63) is 53.3 Å². The number of rotatable bonds is 7. The number of hydrogen-bond donors (Lipinski definition) is 0. The van der Waals surface area contributed by atoms with Crippen LogP contribution in [-0.4, -0.2) is 69.2 Å². The molecule has 1 saturated heterocycles. The van der Waals surface area contributed by atoms with Gasteiger partial charge in [-0.1, -0.05) is 0 Å². The van der Waals surface area contributed by atoms with Crippen LogP contribution >= 0.6 is 0 Å². The largest absolute Gasteiger partial charge is 0.420 e. The summed E-state index contributed by atoms with van der Waals surface area (Å²) in [6.07, 6.45) is -11.4. The van der Waals surface area contributed by atoms with Crippen molar-refractivity contribution in [3.8, 4) is 5.75 Å². The molecule has 14 heteroatoms. The molecule has 0 aromatic heterocycles. The van der Waals surface area contributed by atoms with Crippen LogP contribution in [0.5, 0.6) is 5.75 Å². The summed E-state index contributed by atoms with van der Waals surface area (Å²) in [5.41, 5.74) is -4.33. The van der Waals surface area contributed by atoms with Crippen molar-refractivity contribution in [2.45, 2.75) is 18.8 Å². The molecule has 1 heterocycles. The molecule has 0 N–H and O–H groups in total. The van der Waals surface area contributed by atoms with Crippen molar-refractivity contribution >= 4 is 23.5 Å². The van der Waals surface area contributed by atoms with Gasteiger partial charge in [-0.25, -0.2) is 14.0 Å². The number of carbonyl (C=O) groups is 2. The molecule has 208 valence electrons. The van der Waals surface area contributed by atoms with Gasteiger partial charge in [-0.2, -0.15) is 26.3 Å². The second kappa shape index (κ2) is 11.1. The first-order chi connectivity index (χ1) is 17.6. The summed E-state index contributed by atoms with van der Waals surface area (Å²) in [6.45, 7) is 0.648. The first-order valence-corrected chi connectivity index (χ1v) is 11.3. The van der Waals surface area contributed by atoms with Gasteiger partial charge in [0.05, 0.1) is 11.3 Å². The number of ether oxygens (including phenoxy) is 1. The Labute approximate surface area is 213 Å². The SMILES string of the molecule is CN(C)CCCN1CCN(c2cc(C(F)(F)F)cc(C(F)(F)F)c2OC(=O)N(C)c2ccc(F)cc2)C1=O. The molecule has 0 aliphatic carbocycles. The van der Waals surface area contributed by atoms with E-state index < -0.39 is 52.9 Å². The highest BCUT2D eigenvalue weighted by molar-refractivity contribution is 5.97. The standard InChI is InChI=1S/C24H25F7N4O3/c1-32(2)9-4-10-34-11-12-35(21(34)36)19-14-15(23(26,27)28)13-18(24(29,30)31)20(19)38-22(37)33(3)17-7-5-16(25)6-8-17/h5-8,13-14H,4,9-12H2,1-3H3. The summed E-state index contributed by atoms with van der Waals surface area (Å²) in [7, 11) is 4.74. The molecule has 3 amide bonds. The Bertz CT molecular complexity index is 1170. The predicted molar refractivity (Wildman–Crippen MR) is 125 cm³/mol. The molecule has 38 heavy (non-hydrogen) atoms. The van der Waals surface area contributed by atoms with Gasteiger partial charge in [-0.3, -0.25) is 9.80 Å². The molecule has 0 radical (unpaired) electrons. The van der Waals surface area contributed by atoms with Crippen LogP contribution < -0.4 is 14.5 Å². The minimum Gasteiger partial charge on any atom is -0.407 e. The van der Waals surface area contributed by atoms with Crippen LogP contribution in [0.25, 0.3) is 0 Å². The molecule has 2 aromatic carbocycles. The number of urea groups is 1. The number of anilines is 2. The van der Waals surface area contributed by atoms with E-state index in [0.29, 0.717) is 19.0 Å². The highest BCUT2D eigenvalue weighted by Crippen LogP contribution is 2.47. The Morgan fingerprint density at radius 2 is 1.61 bits per heavy atom. The van der Waals surface area contributed by atoms with Crippen LogP contribution in [-0.2, 0) is 12.4 Å². The van der Waals surface area contributed by atoms with Gasteiger partial charge in [0.25, 0.3) is 0 Å². The van der Waals surface area contributed by atoms with Gasteiger partial charge in [0.1, 0.15) is 11.4 Å². The van der Waals surface area contributed by atoms with Gasteiger partial charge in [0.2, 0.25) is 0 Å². The average Bonchev–Trinajstić information content (AvgIpc) is 3.17. The van der Waals surface area contributed by atoms with Gasteiger partial charge in [0, 0.05) is 32.4 Å². The smallest absolute Gasteiger partial charge is 0.407 e. The zero-order valence-electron chi connectivity index (χ0n) is 20.7. The van der Waals surface area contributed by atoms with Gasteiger partial charge in [-0.15, -0.1) is 0 Å². The van der Waals surface area contributed by atoms with Gasteiger partial charge >= 0.3 is 24.5 Å². The molecule has 0 unspecified atom stereocenters. The van der Waals surface area contributed by atoms with E-state index in [-0.39, 0.29) is 31.4 Å². The van der Waals surface area contributed by atoms with Crippen molar-refractivity contribution in [3.63, 3.8) is 0 Å². The quantitative estimate of drug-likeness (QED) is 0.416. The van der Waals surface area contributed by atoms with Crippen LogP contribution in [0.15, 0.2) is 36.4 Å². The Morgan fingerprint density at radius 3 is 2.16 bits per heavy atom. The molecule has 1 aliphatic rings. The first-order valence-electron chi connectivity index (χ1n) is 11.3. The van der Waals surface area contributed by atoms with Crippen molar-refractivity contribution in [1.29, 1.82) is 0 Å². The molecule has 0 bridgehead atoms. The highest BCUT2D eigenvalue weighted by Gasteiger charge is 2.44. The number of carbonyl (C=O) groups excluding carboxylic acids is 2. The Hall–Kier alpha value is -3.55. The van der Waals surface area contributed by atoms with Crippen LogP contribution in [0.4, 0.5) is 51.7 Å². The van der Waals surface area contributed by atoms with Crippen LogP contribution in [0.2, 0.25) is 0 Å². The van der Waals surface area contributed by atoms with E-state index in [1.165, 1.54) is 4.90 Å². The Morgan fingerprint density at radius 1 is 0.974 bits per heavy atom. The van der Waals surface area contributed by atoms with E-state index in [9.17, 15) is 40.3 Å². The zero-order valence-corrected chi connectivity index (χ0v) is 20.7. The Balaban J connectivity index is 2.05. The van der Waals surface area contributed by atoms with Crippen LogP contribution in [0.1, 0.15) is 17.5 Å². The summed E-state index contributed by atoms with van der Waals surface area (Å²) >= 11 is 0. The third kappa shape index (κ3) is 6.65. The number of nitrogens with zero attached hydrogens (tertiary/aromatic N) is 4. The monoisotopic (exact) mass is 550 g/mol. The number of alkyl halides is 6. The van der Waals surface area contributed by atoms with Gasteiger partial charge in [-0.05, 0) is 63.5 Å². The van der Waals surface area contributed by atoms with Gasteiger partial charge in [0.15, 0.2) is 5.75 Å². The molecule has 1 fully saturated rings. The Kier molecular flexibility index (Phi) is 8.44. The molecule has 7 nitrogen and oxygen atoms in total. The molecule has 3 rings (SSSR count). The van der Waals surface area contributed by atoms with E-state index in [0.717, 1.165) is 41.1 Å². The topological polar surface area (TPSA) is 56.3 Å². The average molecular weight is 550 g/mol. The summed E-state index contributed by atoms with van der Waals surface area (Å²) in [6, 6.07) is 3.68. The van der Waals surface area contributed by atoms with Crippen LogP contribution in [0, 0.1) is 5.82 Å². The number of amides is 3. The third-order valence-corrected chi connectivity index (χ3v) is 5.80. The minimum absolute atomic E-state index is 0.0442.